The lowest BCUT2D eigenvalue weighted by Gasteiger charge is -2.01. The lowest BCUT2D eigenvalue weighted by atomic mass is 10.3. The number of halogens is 1. The molecule has 0 bridgehead atoms. The first-order valence-electron chi connectivity index (χ1n) is 3.35. The normalized spacial score (nSPS) is 9.50. The number of non-ortho nitro benzene ring substituents is 1. The second-order valence-corrected chi connectivity index (χ2v) is 3.40. The molecule has 0 amide bonds. The number of hydrogen-bond acceptors (Lipinski definition) is 4. The Balaban J connectivity index is 3.01. The molecule has 74 valence electrons. The molecule has 6 nitrogen and oxygen atoms in total. The van der Waals surface area contributed by atoms with Gasteiger partial charge in [-0.2, -0.15) is 0 Å². The van der Waals surface area contributed by atoms with E-state index in [4.69, 9.17) is 5.11 Å². The van der Waals surface area contributed by atoms with Crippen LogP contribution in [0.1, 0.15) is 0 Å². The van der Waals surface area contributed by atoms with Crippen molar-refractivity contribution in [3.63, 3.8) is 0 Å². The maximum Gasteiger partial charge on any atom is 0.511 e. The molecule has 1 N–H and O–H groups in total. The van der Waals surface area contributed by atoms with E-state index in [1.54, 1.807) is 22.6 Å². The molecule has 0 aliphatic heterocycles. The minimum Gasteiger partial charge on any atom is -0.449 e. The largest absolute Gasteiger partial charge is 0.511 e. The van der Waals surface area contributed by atoms with Crippen molar-refractivity contribution >= 4 is 34.4 Å². The van der Waals surface area contributed by atoms with Crippen molar-refractivity contribution in [2.75, 3.05) is 0 Å². The van der Waals surface area contributed by atoms with Crippen LogP contribution in [0.2, 0.25) is 0 Å². The summed E-state index contributed by atoms with van der Waals surface area (Å²) in [5.74, 6) is 0.0868. The second kappa shape index (κ2) is 4.22. The van der Waals surface area contributed by atoms with Gasteiger partial charge in [-0.3, -0.25) is 10.1 Å². The summed E-state index contributed by atoms with van der Waals surface area (Å²) < 4.78 is 4.74. The van der Waals surface area contributed by atoms with Gasteiger partial charge in [0, 0.05) is 12.1 Å². The average molecular weight is 309 g/mol. The lowest BCUT2D eigenvalue weighted by molar-refractivity contribution is -0.385. The predicted octanol–water partition coefficient (Wildman–Crippen LogP) is 2.26. The molecule has 1 aromatic rings. The van der Waals surface area contributed by atoms with Crippen molar-refractivity contribution < 1.29 is 19.6 Å². The SMILES string of the molecule is O=C(O)Oc1ccc([N+](=O)[O-])cc1I. The Morgan fingerprint density at radius 3 is 2.64 bits per heavy atom. The molecular formula is C7H4INO5. The van der Waals surface area contributed by atoms with Crippen LogP contribution in [0.25, 0.3) is 0 Å². The van der Waals surface area contributed by atoms with Crippen molar-refractivity contribution in [3.8, 4) is 5.75 Å². The average Bonchev–Trinajstić information content (AvgIpc) is 2.07. The molecule has 0 saturated carbocycles. The minimum atomic E-state index is -1.45. The summed E-state index contributed by atoms with van der Waals surface area (Å²) in [6.07, 6.45) is -1.45. The molecule has 0 aliphatic rings. The van der Waals surface area contributed by atoms with E-state index in [1.165, 1.54) is 18.2 Å². The van der Waals surface area contributed by atoms with E-state index < -0.39 is 11.1 Å². The number of carbonyl (C=O) groups is 1. The first-order valence-corrected chi connectivity index (χ1v) is 4.43. The number of nitro groups is 1. The van der Waals surface area contributed by atoms with E-state index in [0.29, 0.717) is 3.57 Å². The van der Waals surface area contributed by atoms with Crippen LogP contribution in [0.5, 0.6) is 5.75 Å². The van der Waals surface area contributed by atoms with Gasteiger partial charge in [0.1, 0.15) is 5.75 Å². The van der Waals surface area contributed by atoms with Gasteiger partial charge in [0.15, 0.2) is 0 Å². The van der Waals surface area contributed by atoms with E-state index in [2.05, 4.69) is 4.74 Å². The van der Waals surface area contributed by atoms with E-state index >= 15 is 0 Å². The standard InChI is InChI=1S/C7H4INO5/c8-5-3-4(9(12)13)1-2-6(5)14-7(10)11/h1-3H,(H,10,11). The van der Waals surface area contributed by atoms with Crippen molar-refractivity contribution in [2.24, 2.45) is 0 Å². The van der Waals surface area contributed by atoms with Gasteiger partial charge in [0.25, 0.3) is 5.69 Å². The van der Waals surface area contributed by atoms with Crippen molar-refractivity contribution in [2.45, 2.75) is 0 Å². The molecule has 0 aliphatic carbocycles. The molecule has 0 unspecified atom stereocenters. The van der Waals surface area contributed by atoms with Gasteiger partial charge in [0.2, 0.25) is 0 Å². The number of benzene rings is 1. The third-order valence-corrected chi connectivity index (χ3v) is 2.17. The molecule has 0 fully saturated rings. The summed E-state index contributed by atoms with van der Waals surface area (Å²) in [5, 5.41) is 18.6. The topological polar surface area (TPSA) is 89.7 Å². The molecule has 0 atom stereocenters. The van der Waals surface area contributed by atoms with E-state index in [-0.39, 0.29) is 11.4 Å². The zero-order valence-electron chi connectivity index (χ0n) is 6.64. The summed E-state index contributed by atoms with van der Waals surface area (Å²) in [7, 11) is 0. The number of carboxylic acid groups (broad SMARTS) is 1. The highest BCUT2D eigenvalue weighted by Crippen LogP contribution is 2.25. The highest BCUT2D eigenvalue weighted by atomic mass is 127. The Morgan fingerprint density at radius 2 is 2.21 bits per heavy atom. The number of ether oxygens (including phenoxy) is 1. The second-order valence-electron chi connectivity index (χ2n) is 2.24. The van der Waals surface area contributed by atoms with Crippen LogP contribution in [0.3, 0.4) is 0 Å². The Bertz CT molecular complexity index is 392. The van der Waals surface area contributed by atoms with Crippen LogP contribution >= 0.6 is 22.6 Å². The van der Waals surface area contributed by atoms with Crippen LogP contribution in [-0.2, 0) is 0 Å². The molecule has 7 heteroatoms. The maximum absolute atomic E-state index is 10.3. The van der Waals surface area contributed by atoms with Gasteiger partial charge in [-0.15, -0.1) is 0 Å². The summed E-state index contributed by atoms with van der Waals surface area (Å²) in [6, 6.07) is 3.66. The maximum atomic E-state index is 10.3. The molecule has 1 aromatic carbocycles. The fourth-order valence-electron chi connectivity index (χ4n) is 0.780. The zero-order valence-corrected chi connectivity index (χ0v) is 8.79. The highest BCUT2D eigenvalue weighted by Gasteiger charge is 2.11. The van der Waals surface area contributed by atoms with Crippen LogP contribution in [-0.4, -0.2) is 16.2 Å². The first-order chi connectivity index (χ1) is 6.50. The van der Waals surface area contributed by atoms with Gasteiger partial charge in [-0.05, 0) is 28.7 Å². The molecule has 0 radical (unpaired) electrons. The predicted molar refractivity (Wildman–Crippen MR) is 54.5 cm³/mol. The Kier molecular flexibility index (Phi) is 3.23. The number of nitrogens with zero attached hydrogens (tertiary/aromatic N) is 1. The molecule has 1 rings (SSSR count). The van der Waals surface area contributed by atoms with Gasteiger partial charge < -0.3 is 9.84 Å². The quantitative estimate of drug-likeness (QED) is 0.297. The van der Waals surface area contributed by atoms with Crippen LogP contribution in [0.4, 0.5) is 10.5 Å². The molecule has 0 heterocycles. The van der Waals surface area contributed by atoms with Crippen LogP contribution in [0, 0.1) is 13.7 Å². The van der Waals surface area contributed by atoms with Crippen LogP contribution < -0.4 is 4.74 Å². The van der Waals surface area contributed by atoms with E-state index in [9.17, 15) is 14.9 Å². The zero-order chi connectivity index (χ0) is 10.7. The van der Waals surface area contributed by atoms with E-state index in [0.717, 1.165) is 0 Å². The monoisotopic (exact) mass is 309 g/mol. The molecule has 0 saturated heterocycles. The molecule has 14 heavy (non-hydrogen) atoms. The molecule has 0 spiro atoms. The Hall–Kier alpha value is -1.38. The molecular weight excluding hydrogens is 305 g/mol. The third-order valence-electron chi connectivity index (χ3n) is 1.32. The van der Waals surface area contributed by atoms with Crippen molar-refractivity contribution in [1.29, 1.82) is 0 Å². The summed E-state index contributed by atoms with van der Waals surface area (Å²) in [6.45, 7) is 0. The number of rotatable bonds is 2. The number of nitro benzene ring substituents is 1. The van der Waals surface area contributed by atoms with Gasteiger partial charge >= 0.3 is 6.16 Å². The fraction of sp³-hybridized carbons (Fsp3) is 0. The van der Waals surface area contributed by atoms with Gasteiger partial charge in [-0.25, -0.2) is 4.79 Å². The summed E-state index contributed by atoms with van der Waals surface area (Å²) in [5.41, 5.74) is -0.105. The smallest absolute Gasteiger partial charge is 0.449 e. The minimum absolute atomic E-state index is 0.0868. The molecule has 0 aromatic heterocycles. The van der Waals surface area contributed by atoms with E-state index in [1.807, 2.05) is 0 Å². The summed E-state index contributed by atoms with van der Waals surface area (Å²) in [4.78, 5) is 19.9. The Morgan fingerprint density at radius 1 is 1.57 bits per heavy atom. The van der Waals surface area contributed by atoms with Crippen molar-refractivity contribution in [3.05, 3.63) is 31.9 Å². The highest BCUT2D eigenvalue weighted by molar-refractivity contribution is 14.1. The fourth-order valence-corrected chi connectivity index (χ4v) is 1.39. The van der Waals surface area contributed by atoms with Gasteiger partial charge in [-0.1, -0.05) is 0 Å². The van der Waals surface area contributed by atoms with Gasteiger partial charge in [0.05, 0.1) is 8.49 Å². The van der Waals surface area contributed by atoms with Crippen LogP contribution in [0.15, 0.2) is 18.2 Å². The third kappa shape index (κ3) is 2.55. The lowest BCUT2D eigenvalue weighted by Crippen LogP contribution is -2.04. The first kappa shape index (κ1) is 10.7. The summed E-state index contributed by atoms with van der Waals surface area (Å²) >= 11 is 1.76. The number of hydrogen-bond donors (Lipinski definition) is 1. The Labute approximate surface area is 91.8 Å². The van der Waals surface area contributed by atoms with Crippen molar-refractivity contribution in [1.82, 2.24) is 0 Å².